The number of nitrogens with one attached hydrogen (secondary N) is 1. The molecule has 430 valence electrons. The molecule has 4 rings (SSSR count). The molecule has 1 amide bonds. The Balaban J connectivity index is 1.11. The van der Waals surface area contributed by atoms with Gasteiger partial charge in [0.05, 0.1) is 53.9 Å². The molecule has 0 aliphatic carbocycles. The summed E-state index contributed by atoms with van der Waals surface area (Å²) in [7, 11) is 1.77. The quantitative estimate of drug-likeness (QED) is 0.0251. The lowest BCUT2D eigenvalue weighted by Crippen LogP contribution is -2.49. The van der Waals surface area contributed by atoms with E-state index in [1.54, 1.807) is 6.92 Å². The highest BCUT2D eigenvalue weighted by Crippen LogP contribution is 2.38. The van der Waals surface area contributed by atoms with Crippen molar-refractivity contribution in [3.63, 3.8) is 0 Å². The summed E-state index contributed by atoms with van der Waals surface area (Å²) in [5.74, 6) is -0.780. The molecule has 3 aromatic rings. The third kappa shape index (κ3) is 33.0. The maximum Gasteiger partial charge on any atom is 0.320 e. The van der Waals surface area contributed by atoms with Crippen molar-refractivity contribution in [3.05, 3.63) is 102 Å². The summed E-state index contributed by atoms with van der Waals surface area (Å²) < 4.78 is 33.8. The van der Waals surface area contributed by atoms with Crippen molar-refractivity contribution < 1.29 is 51.6 Å². The van der Waals surface area contributed by atoms with Gasteiger partial charge in [0.2, 0.25) is 5.91 Å². The molecule has 1 atom stereocenters. The van der Waals surface area contributed by atoms with Gasteiger partial charge < -0.3 is 33.2 Å². The van der Waals surface area contributed by atoms with Gasteiger partial charge in [0.1, 0.15) is 32.1 Å². The van der Waals surface area contributed by atoms with Crippen LogP contribution in [0, 0.1) is 0 Å². The van der Waals surface area contributed by atoms with Crippen LogP contribution in [0.25, 0.3) is 0 Å². The van der Waals surface area contributed by atoms with Crippen LogP contribution in [-0.4, -0.2) is 167 Å². The van der Waals surface area contributed by atoms with Gasteiger partial charge in [-0.2, -0.15) is 0 Å². The normalized spacial score (nSPS) is 15.5. The number of hydrogen-bond acceptors (Lipinski definition) is 14. The number of unbranched alkanes of at least 4 members (excludes halogenated alkanes) is 15. The predicted molar refractivity (Wildman–Crippen MR) is 304 cm³/mol. The van der Waals surface area contributed by atoms with E-state index in [1.165, 1.54) is 82.6 Å². The van der Waals surface area contributed by atoms with Crippen LogP contribution < -0.4 is 10.2 Å². The number of anilines is 1. The van der Waals surface area contributed by atoms with Crippen molar-refractivity contribution in [2.24, 2.45) is 0 Å². The van der Waals surface area contributed by atoms with E-state index in [4.69, 9.17) is 18.5 Å². The van der Waals surface area contributed by atoms with Gasteiger partial charge in [0.25, 0.3) is 7.82 Å². The summed E-state index contributed by atoms with van der Waals surface area (Å²) in [5.41, 5.74) is 3.82. The molecule has 1 saturated heterocycles. The number of nitrogens with zero attached hydrogens (tertiary/aromatic N) is 5. The van der Waals surface area contributed by atoms with Gasteiger partial charge in [0, 0.05) is 58.0 Å². The Hall–Kier alpha value is -4.35. The fourth-order valence-corrected chi connectivity index (χ4v) is 9.90. The van der Waals surface area contributed by atoms with Crippen molar-refractivity contribution in [3.8, 4) is 0 Å². The molecule has 0 bridgehead atoms. The number of ether oxygens (including phenoxy) is 2. The zero-order chi connectivity index (χ0) is 55.4. The zero-order valence-corrected chi connectivity index (χ0v) is 48.3. The first-order chi connectivity index (χ1) is 37.1. The van der Waals surface area contributed by atoms with Crippen LogP contribution in [0.15, 0.2) is 84.9 Å². The average molecular weight is 1090 g/mol. The largest absolute Gasteiger partial charge is 0.756 e. The lowest BCUT2D eigenvalue weighted by molar-refractivity contribution is -0.870. The van der Waals surface area contributed by atoms with Crippen LogP contribution in [0.1, 0.15) is 126 Å². The molecule has 17 heteroatoms. The fraction of sp³-hybridized carbons (Fsp3) is 0.633. The van der Waals surface area contributed by atoms with Crippen LogP contribution in [0.4, 0.5) is 5.69 Å². The van der Waals surface area contributed by atoms with E-state index in [9.17, 15) is 28.6 Å². The van der Waals surface area contributed by atoms with Gasteiger partial charge >= 0.3 is 11.9 Å². The Bertz CT molecular complexity index is 2130. The molecule has 1 aliphatic heterocycles. The molecule has 1 heterocycles. The van der Waals surface area contributed by atoms with Gasteiger partial charge in [-0.3, -0.25) is 43.3 Å². The van der Waals surface area contributed by atoms with Crippen molar-refractivity contribution in [2.45, 2.75) is 129 Å². The molecule has 1 fully saturated rings. The highest BCUT2D eigenvalue weighted by atomic mass is 31.2. The number of rotatable bonds is 37. The van der Waals surface area contributed by atoms with Gasteiger partial charge in [-0.15, -0.1) is 0 Å². The van der Waals surface area contributed by atoms with Crippen molar-refractivity contribution in [1.82, 2.24) is 19.6 Å². The second kappa shape index (κ2) is 38.3. The van der Waals surface area contributed by atoms with Crippen molar-refractivity contribution in [2.75, 3.05) is 125 Å². The summed E-state index contributed by atoms with van der Waals surface area (Å²) in [6, 6.07) is 27.3. The molecule has 0 aromatic heterocycles. The molecule has 77 heavy (non-hydrogen) atoms. The van der Waals surface area contributed by atoms with E-state index in [2.05, 4.69) is 27.2 Å². The maximum absolute atomic E-state index is 13.6. The summed E-state index contributed by atoms with van der Waals surface area (Å²) in [6.45, 7) is 7.48. The van der Waals surface area contributed by atoms with Crippen molar-refractivity contribution >= 4 is 37.1 Å². The zero-order valence-electron chi connectivity index (χ0n) is 47.4. The number of amides is 1. The molecule has 0 spiro atoms. The number of ketones is 1. The first-order valence-corrected chi connectivity index (χ1v) is 30.1. The van der Waals surface area contributed by atoms with Crippen LogP contribution in [0.5, 0.6) is 0 Å². The number of benzene rings is 3. The summed E-state index contributed by atoms with van der Waals surface area (Å²) in [6.07, 6.45) is 20.2. The topological polar surface area (TPSA) is 170 Å². The molecule has 1 aliphatic rings. The summed E-state index contributed by atoms with van der Waals surface area (Å²) in [5, 5.41) is 3.10. The van der Waals surface area contributed by atoms with Crippen LogP contribution in [0.3, 0.4) is 0 Å². The molecule has 0 radical (unpaired) electrons. The molecular weight excluding hydrogens is 996 g/mol. The standard InChI is InChI=1S/C60H95N6O10P/c1-53(67)47-62-36-38-63(39-41-65(50-60(70)74-52-56-30-24-20-25-31-56)43-42-64(40-37-62)49-59(69)73-51-55-28-22-19-23-29-55)48-58(68)61-57-34-32-54(33-35-57)27-21-17-15-13-11-9-7-5-6-8-10-12-14-16-18-26-45-75-77(71,72)76-46-44-66(2,3)4/h19-20,22-25,28-35H,5-18,21,26-27,36-52H2,1-4H3,(H-,61,68,71,72). The van der Waals surface area contributed by atoms with Gasteiger partial charge in [-0.25, -0.2) is 0 Å². The minimum atomic E-state index is -4.20. The Labute approximate surface area is 462 Å². The third-order valence-corrected chi connectivity index (χ3v) is 14.8. The number of likely N-dealkylation sites (N-methyl/N-ethyl adjacent to an activating group) is 1. The smallest absolute Gasteiger partial charge is 0.320 e. The lowest BCUT2D eigenvalue weighted by atomic mass is 10.0. The number of quaternary nitrogens is 1. The number of carbonyl (C=O) groups is 4. The monoisotopic (exact) mass is 1090 g/mol. The summed E-state index contributed by atoms with van der Waals surface area (Å²) in [4.78, 5) is 72.4. The molecule has 16 nitrogen and oxygen atoms in total. The SMILES string of the molecule is CC(=O)CN1CCN(CC(=O)Nc2ccc(CCCCCCCCCCCCCCCCCCOP(=O)([O-])OCC[N+](C)(C)C)cc2)CCN(CC(=O)OCc2ccccc2)CCN(CC(=O)OCc2ccccc2)CC1. The van der Waals surface area contributed by atoms with E-state index < -0.39 is 7.82 Å². The number of phosphoric acid groups is 1. The van der Waals surface area contributed by atoms with E-state index in [-0.39, 0.29) is 76.2 Å². The molecule has 1 unspecified atom stereocenters. The van der Waals surface area contributed by atoms with Crippen LogP contribution in [0.2, 0.25) is 0 Å². The second-order valence-corrected chi connectivity index (χ2v) is 23.3. The number of hydrogen-bond donors (Lipinski definition) is 1. The number of phosphoric ester groups is 1. The fourth-order valence-electron chi connectivity index (χ4n) is 9.16. The van der Waals surface area contributed by atoms with E-state index in [1.807, 2.05) is 104 Å². The predicted octanol–water partition coefficient (Wildman–Crippen LogP) is 8.91. The van der Waals surface area contributed by atoms with E-state index in [0.29, 0.717) is 63.4 Å². The van der Waals surface area contributed by atoms with E-state index >= 15 is 0 Å². The van der Waals surface area contributed by atoms with Gasteiger partial charge in [-0.1, -0.05) is 163 Å². The Morgan fingerprint density at radius 2 is 0.870 bits per heavy atom. The van der Waals surface area contributed by atoms with Gasteiger partial charge in [-0.05, 0) is 55.0 Å². The molecule has 3 aromatic carbocycles. The Morgan fingerprint density at radius 1 is 0.494 bits per heavy atom. The lowest BCUT2D eigenvalue weighted by Gasteiger charge is -2.33. The first-order valence-electron chi connectivity index (χ1n) is 28.7. The molecule has 0 saturated carbocycles. The minimum Gasteiger partial charge on any atom is -0.756 e. The number of carbonyl (C=O) groups excluding carboxylic acids is 4. The van der Waals surface area contributed by atoms with Gasteiger partial charge in [0.15, 0.2) is 0 Å². The second-order valence-electron chi connectivity index (χ2n) is 21.9. The minimum absolute atomic E-state index is 0.0427. The highest BCUT2D eigenvalue weighted by Gasteiger charge is 2.22. The average Bonchev–Trinajstić information content (AvgIpc) is 3.39. The highest BCUT2D eigenvalue weighted by molar-refractivity contribution is 7.45. The first kappa shape index (κ1) is 65.2. The third-order valence-electron chi connectivity index (χ3n) is 13.8. The van der Waals surface area contributed by atoms with E-state index in [0.717, 1.165) is 48.9 Å². The number of aryl methyl sites for hydroxylation is 1. The number of esters is 2. The maximum atomic E-state index is 13.6. The molecular formula is C60H95N6O10P. The van der Waals surface area contributed by atoms with Crippen LogP contribution >= 0.6 is 7.82 Å². The number of Topliss-reactive ketones (excluding diaryl/α,β-unsaturated/α-hetero) is 1. The summed E-state index contributed by atoms with van der Waals surface area (Å²) >= 11 is 0. The molecule has 1 N–H and O–H groups in total. The van der Waals surface area contributed by atoms with Crippen molar-refractivity contribution in [1.29, 1.82) is 0 Å². The van der Waals surface area contributed by atoms with Crippen LogP contribution in [-0.2, 0) is 61.9 Å². The Morgan fingerprint density at radius 3 is 1.29 bits per heavy atom. The Kier molecular flexibility index (Phi) is 32.4.